The van der Waals surface area contributed by atoms with Crippen LogP contribution >= 0.6 is 23.5 Å². The Labute approximate surface area is 154 Å². The van der Waals surface area contributed by atoms with E-state index in [9.17, 15) is 9.90 Å². The number of carbonyl (C=O) groups excluding carboxylic acids is 1. The van der Waals surface area contributed by atoms with Gasteiger partial charge in [0.05, 0.1) is 11.3 Å². The normalized spacial score (nSPS) is 10.7. The molecule has 25 heavy (non-hydrogen) atoms. The van der Waals surface area contributed by atoms with Crippen molar-refractivity contribution in [1.29, 1.82) is 0 Å². The van der Waals surface area contributed by atoms with Crippen LogP contribution in [0.5, 0.6) is 5.88 Å². The Balaban J connectivity index is 1.92. The van der Waals surface area contributed by atoms with Crippen LogP contribution in [0, 0.1) is 6.92 Å². The smallest absolute Gasteiger partial charge is 0.226 e. The van der Waals surface area contributed by atoms with Gasteiger partial charge in [-0.1, -0.05) is 23.7 Å². The fourth-order valence-corrected chi connectivity index (χ4v) is 2.95. The van der Waals surface area contributed by atoms with Gasteiger partial charge in [-0.15, -0.1) is 0 Å². The summed E-state index contributed by atoms with van der Waals surface area (Å²) < 4.78 is 4.01. The molecule has 0 atom stereocenters. The molecular weight excluding hydrogens is 360 g/mol. The summed E-state index contributed by atoms with van der Waals surface area (Å²) >= 11 is 7.09. The minimum absolute atomic E-state index is 0.00888. The summed E-state index contributed by atoms with van der Waals surface area (Å²) in [4.78, 5) is 16.0. The molecule has 128 valence electrons. The predicted octanol–water partition coefficient (Wildman–Crippen LogP) is 3.74. The van der Waals surface area contributed by atoms with Crippen LogP contribution in [0.1, 0.15) is 12.6 Å². The maximum Gasteiger partial charge on any atom is 0.226 e. The van der Waals surface area contributed by atoms with E-state index in [1.165, 1.54) is 23.6 Å². The molecule has 0 saturated heterocycles. The summed E-state index contributed by atoms with van der Waals surface area (Å²) in [5.41, 5.74) is 2.14. The number of halogens is 1. The van der Waals surface area contributed by atoms with Crippen LogP contribution < -0.4 is 4.72 Å². The number of aromatic nitrogens is 3. The van der Waals surface area contributed by atoms with Crippen LogP contribution in [0.15, 0.2) is 47.5 Å². The van der Waals surface area contributed by atoms with Crippen molar-refractivity contribution in [3.05, 3.63) is 53.3 Å². The van der Waals surface area contributed by atoms with Crippen LogP contribution in [0.25, 0.3) is 16.9 Å². The number of benzene rings is 1. The highest BCUT2D eigenvalue weighted by molar-refractivity contribution is 7.98. The van der Waals surface area contributed by atoms with E-state index >= 15 is 0 Å². The highest BCUT2D eigenvalue weighted by atomic mass is 35.5. The first-order valence-corrected chi connectivity index (χ1v) is 8.59. The quantitative estimate of drug-likeness (QED) is 0.680. The molecule has 2 N–H and O–H groups in total. The van der Waals surface area contributed by atoms with Crippen LogP contribution in [-0.4, -0.2) is 25.8 Å². The number of pyridine rings is 1. The first-order valence-electron chi connectivity index (χ1n) is 7.40. The topological polar surface area (TPSA) is 80.0 Å². The van der Waals surface area contributed by atoms with Crippen molar-refractivity contribution in [3.63, 3.8) is 0 Å². The van der Waals surface area contributed by atoms with Gasteiger partial charge in [0.2, 0.25) is 11.8 Å². The molecule has 0 saturated carbocycles. The van der Waals surface area contributed by atoms with E-state index in [1.807, 2.05) is 19.1 Å². The zero-order valence-corrected chi connectivity index (χ0v) is 15.1. The van der Waals surface area contributed by atoms with E-state index in [0.717, 1.165) is 10.5 Å². The molecule has 2 aromatic heterocycles. The average molecular weight is 375 g/mol. The number of aromatic hydroxyl groups is 1. The van der Waals surface area contributed by atoms with Crippen molar-refractivity contribution < 1.29 is 9.90 Å². The third-order valence-corrected chi connectivity index (χ3v) is 4.54. The Hall–Kier alpha value is -2.51. The van der Waals surface area contributed by atoms with Crippen molar-refractivity contribution in [2.75, 3.05) is 0 Å². The Morgan fingerprint density at radius 1 is 1.24 bits per heavy atom. The van der Waals surface area contributed by atoms with Crippen LogP contribution in [0.3, 0.4) is 0 Å². The first-order chi connectivity index (χ1) is 12.0. The molecule has 3 aromatic rings. The molecule has 0 aliphatic carbocycles. The van der Waals surface area contributed by atoms with Crippen LogP contribution in [0.4, 0.5) is 0 Å². The van der Waals surface area contributed by atoms with Gasteiger partial charge in [0, 0.05) is 23.0 Å². The minimum atomic E-state index is -0.137. The number of hydrogen-bond acceptors (Lipinski definition) is 5. The molecule has 0 aliphatic heterocycles. The zero-order valence-electron chi connectivity index (χ0n) is 13.5. The van der Waals surface area contributed by atoms with Gasteiger partial charge in [0.25, 0.3) is 0 Å². The Bertz CT molecular complexity index is 908. The third kappa shape index (κ3) is 3.78. The summed E-state index contributed by atoms with van der Waals surface area (Å²) in [5.74, 6) is 0.351. The molecule has 0 unspecified atom stereocenters. The van der Waals surface area contributed by atoms with E-state index in [0.29, 0.717) is 22.1 Å². The highest BCUT2D eigenvalue weighted by Crippen LogP contribution is 2.34. The standard InChI is InChI=1S/C17H15ClN4O2S/c1-10-16(12-3-5-13(18)6-4-12)17(24)22(20-10)15-8-7-14(9-19-15)25-21-11(2)23/h3-9,24H,1-2H3,(H,21,23). The second kappa shape index (κ2) is 7.16. The molecule has 6 nitrogen and oxygen atoms in total. The molecule has 2 heterocycles. The molecule has 1 aromatic carbocycles. The van der Waals surface area contributed by atoms with Gasteiger partial charge in [-0.2, -0.15) is 9.78 Å². The van der Waals surface area contributed by atoms with Gasteiger partial charge in [-0.25, -0.2) is 4.98 Å². The van der Waals surface area contributed by atoms with Crippen molar-refractivity contribution in [1.82, 2.24) is 19.5 Å². The molecule has 0 radical (unpaired) electrons. The molecule has 0 fully saturated rings. The van der Waals surface area contributed by atoms with Crippen molar-refractivity contribution >= 4 is 29.5 Å². The number of hydrogen-bond donors (Lipinski definition) is 2. The lowest BCUT2D eigenvalue weighted by atomic mass is 10.1. The monoisotopic (exact) mass is 374 g/mol. The lowest BCUT2D eigenvalue weighted by Gasteiger charge is -2.05. The summed E-state index contributed by atoms with van der Waals surface area (Å²) in [6.45, 7) is 3.26. The van der Waals surface area contributed by atoms with Crippen LogP contribution in [-0.2, 0) is 4.79 Å². The summed E-state index contributed by atoms with van der Waals surface area (Å²) in [7, 11) is 0. The zero-order chi connectivity index (χ0) is 18.0. The Morgan fingerprint density at radius 2 is 1.96 bits per heavy atom. The number of carbonyl (C=O) groups is 1. The SMILES string of the molecule is CC(=O)NSc1ccc(-n2nc(C)c(-c3ccc(Cl)cc3)c2O)nc1. The molecule has 3 rings (SSSR count). The van der Waals surface area contributed by atoms with Crippen molar-refractivity contribution in [3.8, 4) is 22.8 Å². The average Bonchev–Trinajstić information content (AvgIpc) is 2.89. The van der Waals surface area contributed by atoms with Crippen molar-refractivity contribution in [2.45, 2.75) is 18.7 Å². The lowest BCUT2D eigenvalue weighted by Crippen LogP contribution is -2.09. The second-order valence-electron chi connectivity index (χ2n) is 5.32. The molecule has 0 spiro atoms. The van der Waals surface area contributed by atoms with Crippen LogP contribution in [0.2, 0.25) is 5.02 Å². The van der Waals surface area contributed by atoms with Gasteiger partial charge < -0.3 is 5.11 Å². The second-order valence-corrected chi connectivity index (χ2v) is 6.63. The minimum Gasteiger partial charge on any atom is -0.493 e. The maximum absolute atomic E-state index is 10.9. The van der Waals surface area contributed by atoms with E-state index in [1.54, 1.807) is 30.5 Å². The van der Waals surface area contributed by atoms with Gasteiger partial charge in [-0.05, 0) is 48.7 Å². The van der Waals surface area contributed by atoms with E-state index in [4.69, 9.17) is 11.6 Å². The molecule has 1 amide bonds. The Morgan fingerprint density at radius 3 is 2.56 bits per heavy atom. The largest absolute Gasteiger partial charge is 0.493 e. The number of aryl methyl sites for hydroxylation is 1. The fraction of sp³-hybridized carbons (Fsp3) is 0.118. The van der Waals surface area contributed by atoms with E-state index < -0.39 is 0 Å². The molecule has 8 heteroatoms. The van der Waals surface area contributed by atoms with Gasteiger partial charge in [0.15, 0.2) is 5.82 Å². The molecule has 0 bridgehead atoms. The van der Waals surface area contributed by atoms with Crippen molar-refractivity contribution in [2.24, 2.45) is 0 Å². The first kappa shape index (κ1) is 17.3. The molecule has 0 aliphatic rings. The highest BCUT2D eigenvalue weighted by Gasteiger charge is 2.18. The summed E-state index contributed by atoms with van der Waals surface area (Å²) in [6, 6.07) is 10.7. The van der Waals surface area contributed by atoms with Gasteiger partial charge >= 0.3 is 0 Å². The number of nitrogens with zero attached hydrogens (tertiary/aromatic N) is 3. The summed E-state index contributed by atoms with van der Waals surface area (Å²) in [5, 5.41) is 15.6. The fourth-order valence-electron chi connectivity index (χ4n) is 2.32. The Kier molecular flexibility index (Phi) is 4.96. The third-order valence-electron chi connectivity index (χ3n) is 3.42. The maximum atomic E-state index is 10.9. The van der Waals surface area contributed by atoms with Gasteiger partial charge in [0.1, 0.15) is 0 Å². The van der Waals surface area contributed by atoms with Gasteiger partial charge in [-0.3, -0.25) is 9.52 Å². The molecular formula is C17H15ClN4O2S. The predicted molar refractivity (Wildman–Crippen MR) is 97.9 cm³/mol. The van der Waals surface area contributed by atoms with E-state index in [-0.39, 0.29) is 11.8 Å². The number of amides is 1. The lowest BCUT2D eigenvalue weighted by molar-refractivity contribution is -0.117. The summed E-state index contributed by atoms with van der Waals surface area (Å²) in [6.07, 6.45) is 1.61. The number of nitrogens with one attached hydrogen (secondary N) is 1. The number of rotatable bonds is 4. The van der Waals surface area contributed by atoms with E-state index in [2.05, 4.69) is 14.8 Å².